The molecule has 1 rings (SSSR count). The first-order valence-corrected chi connectivity index (χ1v) is 5.35. The van der Waals surface area contributed by atoms with Gasteiger partial charge in [-0.1, -0.05) is 0 Å². The van der Waals surface area contributed by atoms with Crippen molar-refractivity contribution in [1.82, 2.24) is 9.78 Å². The molecule has 94 valence electrons. The first-order chi connectivity index (χ1) is 7.76. The SMILES string of the molecule is CC(C)n1nccc1NC(=O)C(C)(C)C(=O)O. The topological polar surface area (TPSA) is 84.2 Å². The fraction of sp³-hybridized carbons (Fsp3) is 0.545. The van der Waals surface area contributed by atoms with E-state index in [-0.39, 0.29) is 6.04 Å². The van der Waals surface area contributed by atoms with Gasteiger partial charge in [0.2, 0.25) is 5.91 Å². The number of hydrogen-bond acceptors (Lipinski definition) is 3. The van der Waals surface area contributed by atoms with Crippen LogP contribution in [0, 0.1) is 5.41 Å². The third-order valence-electron chi connectivity index (χ3n) is 2.50. The molecule has 0 atom stereocenters. The summed E-state index contributed by atoms with van der Waals surface area (Å²) in [4.78, 5) is 22.7. The van der Waals surface area contributed by atoms with Crippen molar-refractivity contribution in [3.8, 4) is 0 Å². The lowest BCUT2D eigenvalue weighted by Crippen LogP contribution is -2.38. The molecule has 0 aromatic carbocycles. The number of aliphatic carboxylic acids is 1. The summed E-state index contributed by atoms with van der Waals surface area (Å²) in [6, 6.07) is 1.73. The minimum atomic E-state index is -1.47. The third kappa shape index (κ3) is 2.64. The van der Waals surface area contributed by atoms with E-state index < -0.39 is 17.3 Å². The smallest absolute Gasteiger partial charge is 0.318 e. The van der Waals surface area contributed by atoms with Crippen LogP contribution < -0.4 is 5.32 Å². The van der Waals surface area contributed by atoms with E-state index in [2.05, 4.69) is 10.4 Å². The lowest BCUT2D eigenvalue weighted by atomic mass is 9.93. The van der Waals surface area contributed by atoms with E-state index in [4.69, 9.17) is 5.11 Å². The first kappa shape index (κ1) is 13.2. The maximum Gasteiger partial charge on any atom is 0.318 e. The van der Waals surface area contributed by atoms with Crippen molar-refractivity contribution in [3.05, 3.63) is 12.3 Å². The molecule has 1 amide bonds. The molecule has 17 heavy (non-hydrogen) atoms. The van der Waals surface area contributed by atoms with Crippen molar-refractivity contribution in [2.24, 2.45) is 5.41 Å². The Balaban J connectivity index is 2.89. The van der Waals surface area contributed by atoms with E-state index in [9.17, 15) is 9.59 Å². The second-order valence-corrected chi connectivity index (χ2v) is 4.64. The van der Waals surface area contributed by atoms with Crippen LogP contribution >= 0.6 is 0 Å². The average molecular weight is 239 g/mol. The van der Waals surface area contributed by atoms with E-state index in [1.807, 2.05) is 13.8 Å². The Morgan fingerprint density at radius 3 is 2.53 bits per heavy atom. The standard InChI is InChI=1S/C11H17N3O3/c1-7(2)14-8(5-6-12-14)13-9(15)11(3,4)10(16)17/h5-7H,1-4H3,(H,13,15)(H,16,17). The third-order valence-corrected chi connectivity index (χ3v) is 2.50. The normalized spacial score (nSPS) is 11.6. The van der Waals surface area contributed by atoms with Gasteiger partial charge in [0.25, 0.3) is 0 Å². The number of amides is 1. The molecule has 1 heterocycles. The van der Waals surface area contributed by atoms with Crippen LogP contribution in [0.4, 0.5) is 5.82 Å². The molecule has 0 unspecified atom stereocenters. The number of nitrogens with one attached hydrogen (secondary N) is 1. The number of carbonyl (C=O) groups is 2. The van der Waals surface area contributed by atoms with Crippen LogP contribution in [0.5, 0.6) is 0 Å². The Kier molecular flexibility index (Phi) is 3.55. The molecule has 0 radical (unpaired) electrons. The molecule has 0 saturated carbocycles. The van der Waals surface area contributed by atoms with Gasteiger partial charge in [-0.2, -0.15) is 5.10 Å². The summed E-state index contributed by atoms with van der Waals surface area (Å²) in [6.45, 7) is 6.57. The number of carboxylic acid groups (broad SMARTS) is 1. The number of nitrogens with zero attached hydrogens (tertiary/aromatic N) is 2. The predicted molar refractivity (Wildman–Crippen MR) is 62.7 cm³/mol. The molecule has 0 spiro atoms. The van der Waals surface area contributed by atoms with Crippen molar-refractivity contribution < 1.29 is 14.7 Å². The van der Waals surface area contributed by atoms with Gasteiger partial charge in [-0.05, 0) is 27.7 Å². The van der Waals surface area contributed by atoms with Gasteiger partial charge >= 0.3 is 5.97 Å². The molecule has 0 saturated heterocycles. The van der Waals surface area contributed by atoms with Crippen LogP contribution in [0.3, 0.4) is 0 Å². The highest BCUT2D eigenvalue weighted by atomic mass is 16.4. The maximum atomic E-state index is 11.8. The summed E-state index contributed by atoms with van der Waals surface area (Å²) in [5, 5.41) is 15.6. The summed E-state index contributed by atoms with van der Waals surface area (Å²) in [5.41, 5.74) is -1.47. The molecule has 1 aromatic heterocycles. The minimum Gasteiger partial charge on any atom is -0.480 e. The molecule has 6 nitrogen and oxygen atoms in total. The highest BCUT2D eigenvalue weighted by molar-refractivity contribution is 6.07. The summed E-state index contributed by atoms with van der Waals surface area (Å²) in [7, 11) is 0. The Morgan fingerprint density at radius 1 is 1.47 bits per heavy atom. The second-order valence-electron chi connectivity index (χ2n) is 4.64. The molecular formula is C11H17N3O3. The fourth-order valence-corrected chi connectivity index (χ4v) is 1.19. The number of carbonyl (C=O) groups excluding carboxylic acids is 1. The molecule has 1 aromatic rings. The number of anilines is 1. The lowest BCUT2D eigenvalue weighted by Gasteiger charge is -2.19. The molecule has 0 aliphatic carbocycles. The summed E-state index contributed by atoms with van der Waals surface area (Å²) in [6.07, 6.45) is 1.56. The first-order valence-electron chi connectivity index (χ1n) is 5.35. The Hall–Kier alpha value is -1.85. The zero-order chi connectivity index (χ0) is 13.2. The maximum absolute atomic E-state index is 11.8. The summed E-state index contributed by atoms with van der Waals surface area (Å²) >= 11 is 0. The van der Waals surface area contributed by atoms with Gasteiger partial charge in [0, 0.05) is 12.1 Å². The van der Waals surface area contributed by atoms with E-state index in [0.29, 0.717) is 5.82 Å². The second kappa shape index (κ2) is 4.57. The van der Waals surface area contributed by atoms with Crippen molar-refractivity contribution in [1.29, 1.82) is 0 Å². The minimum absolute atomic E-state index is 0.0910. The summed E-state index contributed by atoms with van der Waals surface area (Å²) < 4.78 is 1.62. The Labute approximate surface area is 99.6 Å². The van der Waals surface area contributed by atoms with Crippen LogP contribution in [0.2, 0.25) is 0 Å². The van der Waals surface area contributed by atoms with Crippen LogP contribution in [0.15, 0.2) is 12.3 Å². The van der Waals surface area contributed by atoms with Gasteiger partial charge in [-0.3, -0.25) is 9.59 Å². The van der Waals surface area contributed by atoms with Crippen LogP contribution in [0.1, 0.15) is 33.7 Å². The van der Waals surface area contributed by atoms with E-state index in [0.717, 1.165) is 0 Å². The van der Waals surface area contributed by atoms with Gasteiger partial charge in [0.05, 0.1) is 6.20 Å². The molecule has 6 heteroatoms. The zero-order valence-corrected chi connectivity index (χ0v) is 10.4. The Bertz CT molecular complexity index is 435. The number of aromatic nitrogens is 2. The number of carboxylic acids is 1. The van der Waals surface area contributed by atoms with Gasteiger partial charge in [0.1, 0.15) is 11.2 Å². The highest BCUT2D eigenvalue weighted by Crippen LogP contribution is 2.20. The molecule has 2 N–H and O–H groups in total. The van der Waals surface area contributed by atoms with Gasteiger partial charge in [-0.15, -0.1) is 0 Å². The fourth-order valence-electron chi connectivity index (χ4n) is 1.19. The predicted octanol–water partition coefficient (Wildman–Crippen LogP) is 1.51. The van der Waals surface area contributed by atoms with Crippen molar-refractivity contribution >= 4 is 17.7 Å². The molecular weight excluding hydrogens is 222 g/mol. The number of hydrogen-bond donors (Lipinski definition) is 2. The largest absolute Gasteiger partial charge is 0.480 e. The Morgan fingerprint density at radius 2 is 2.06 bits per heavy atom. The van der Waals surface area contributed by atoms with Crippen molar-refractivity contribution in [2.45, 2.75) is 33.7 Å². The molecule has 0 aliphatic heterocycles. The van der Waals surface area contributed by atoms with E-state index in [1.165, 1.54) is 13.8 Å². The van der Waals surface area contributed by atoms with Gasteiger partial charge in [0.15, 0.2) is 0 Å². The summed E-state index contributed by atoms with van der Waals surface area (Å²) in [5.74, 6) is -1.22. The quantitative estimate of drug-likeness (QED) is 0.780. The van der Waals surface area contributed by atoms with E-state index in [1.54, 1.807) is 16.9 Å². The van der Waals surface area contributed by atoms with Gasteiger partial charge < -0.3 is 10.4 Å². The van der Waals surface area contributed by atoms with Gasteiger partial charge in [-0.25, -0.2) is 4.68 Å². The highest BCUT2D eigenvalue weighted by Gasteiger charge is 2.36. The number of rotatable bonds is 4. The lowest BCUT2D eigenvalue weighted by molar-refractivity contribution is -0.151. The van der Waals surface area contributed by atoms with Crippen LogP contribution in [0.25, 0.3) is 0 Å². The van der Waals surface area contributed by atoms with Crippen molar-refractivity contribution in [2.75, 3.05) is 5.32 Å². The zero-order valence-electron chi connectivity index (χ0n) is 10.4. The molecule has 0 fully saturated rings. The monoisotopic (exact) mass is 239 g/mol. The molecule has 0 aliphatic rings. The molecule has 0 bridgehead atoms. The average Bonchev–Trinajstić information content (AvgIpc) is 2.65. The van der Waals surface area contributed by atoms with Crippen LogP contribution in [-0.4, -0.2) is 26.8 Å². The van der Waals surface area contributed by atoms with Crippen molar-refractivity contribution in [3.63, 3.8) is 0 Å². The van der Waals surface area contributed by atoms with Crippen LogP contribution in [-0.2, 0) is 9.59 Å². The van der Waals surface area contributed by atoms with E-state index >= 15 is 0 Å².